The monoisotopic (exact) mass is 287 g/mol. The molecular formula is C12H8F3NO2S. The summed E-state index contributed by atoms with van der Waals surface area (Å²) in [7, 11) is 0. The molecular weight excluding hydrogens is 279 g/mol. The molecule has 1 aromatic heterocycles. The number of nitrogens with one attached hydrogen (secondary N) is 1. The molecule has 2 aromatic rings. The first-order valence-corrected chi connectivity index (χ1v) is 5.99. The van der Waals surface area contributed by atoms with Crippen molar-refractivity contribution in [3.05, 3.63) is 51.5 Å². The molecule has 1 aromatic carbocycles. The number of benzene rings is 1. The largest absolute Gasteiger partial charge is 0.477 e. The molecule has 0 atom stereocenters. The summed E-state index contributed by atoms with van der Waals surface area (Å²) in [6.07, 6.45) is 0. The van der Waals surface area contributed by atoms with Crippen LogP contribution in [0.25, 0.3) is 0 Å². The summed E-state index contributed by atoms with van der Waals surface area (Å²) >= 11 is 0.994. The van der Waals surface area contributed by atoms with Crippen molar-refractivity contribution in [3.63, 3.8) is 0 Å². The second-order valence-electron chi connectivity index (χ2n) is 3.67. The van der Waals surface area contributed by atoms with Gasteiger partial charge in [0.2, 0.25) is 0 Å². The average molecular weight is 287 g/mol. The fraction of sp³-hybridized carbons (Fsp3) is 0.0833. The summed E-state index contributed by atoms with van der Waals surface area (Å²) in [6, 6.07) is 4.09. The smallest absolute Gasteiger partial charge is 0.345 e. The second-order valence-corrected chi connectivity index (χ2v) is 4.84. The van der Waals surface area contributed by atoms with Gasteiger partial charge in [0.15, 0.2) is 11.6 Å². The zero-order chi connectivity index (χ0) is 14.0. The Balaban J connectivity index is 2.12. The molecule has 7 heteroatoms. The molecule has 2 rings (SSSR count). The molecule has 19 heavy (non-hydrogen) atoms. The third-order valence-electron chi connectivity index (χ3n) is 2.32. The number of hydrogen-bond acceptors (Lipinski definition) is 3. The van der Waals surface area contributed by atoms with E-state index in [4.69, 9.17) is 5.11 Å². The van der Waals surface area contributed by atoms with Crippen molar-refractivity contribution >= 4 is 23.0 Å². The molecule has 0 aliphatic rings. The molecule has 0 saturated carbocycles. The molecule has 0 amide bonds. The lowest BCUT2D eigenvalue weighted by Crippen LogP contribution is -2.03. The van der Waals surface area contributed by atoms with Gasteiger partial charge in [0.05, 0.1) is 0 Å². The minimum Gasteiger partial charge on any atom is -0.477 e. The number of carbonyl (C=O) groups is 1. The van der Waals surface area contributed by atoms with Crippen molar-refractivity contribution in [1.82, 2.24) is 0 Å². The normalized spacial score (nSPS) is 10.5. The molecule has 0 aliphatic heterocycles. The Kier molecular flexibility index (Phi) is 3.75. The number of anilines is 1. The highest BCUT2D eigenvalue weighted by atomic mass is 32.1. The van der Waals surface area contributed by atoms with E-state index in [9.17, 15) is 18.0 Å². The van der Waals surface area contributed by atoms with Gasteiger partial charge in [0.25, 0.3) is 0 Å². The third-order valence-corrected chi connectivity index (χ3v) is 3.39. The third kappa shape index (κ3) is 3.05. The van der Waals surface area contributed by atoms with Crippen LogP contribution < -0.4 is 5.32 Å². The fourth-order valence-electron chi connectivity index (χ4n) is 1.47. The number of carboxylic acids is 1. The van der Waals surface area contributed by atoms with Gasteiger partial charge in [-0.1, -0.05) is 0 Å². The first-order chi connectivity index (χ1) is 8.97. The molecule has 2 N–H and O–H groups in total. The Morgan fingerprint density at radius 3 is 2.37 bits per heavy atom. The van der Waals surface area contributed by atoms with Crippen LogP contribution in [0.5, 0.6) is 0 Å². The molecule has 3 nitrogen and oxygen atoms in total. The van der Waals surface area contributed by atoms with Gasteiger partial charge < -0.3 is 10.4 Å². The minimum absolute atomic E-state index is 0.0530. The van der Waals surface area contributed by atoms with Crippen molar-refractivity contribution < 1.29 is 23.1 Å². The minimum atomic E-state index is -1.06. The van der Waals surface area contributed by atoms with Crippen LogP contribution in [-0.4, -0.2) is 11.1 Å². The van der Waals surface area contributed by atoms with Crippen LogP contribution in [0.2, 0.25) is 0 Å². The highest BCUT2D eigenvalue weighted by Gasteiger charge is 2.12. The van der Waals surface area contributed by atoms with Crippen LogP contribution in [0.4, 0.5) is 18.9 Å². The van der Waals surface area contributed by atoms with Crippen LogP contribution >= 0.6 is 11.3 Å². The fourth-order valence-corrected chi connectivity index (χ4v) is 2.26. The lowest BCUT2D eigenvalue weighted by atomic mass is 10.2. The number of carboxylic acid groups (broad SMARTS) is 1. The van der Waals surface area contributed by atoms with E-state index in [1.165, 1.54) is 6.07 Å². The Bertz CT molecular complexity index is 604. The van der Waals surface area contributed by atoms with Crippen molar-refractivity contribution in [2.75, 3.05) is 5.32 Å². The number of thiophene rings is 1. The van der Waals surface area contributed by atoms with Crippen LogP contribution in [0.3, 0.4) is 0 Å². The Hall–Kier alpha value is -2.02. The maximum atomic E-state index is 13.3. The SMILES string of the molecule is O=C(O)c1ccc(CNc2c(F)cc(F)cc2F)s1. The molecule has 0 unspecified atom stereocenters. The Morgan fingerprint density at radius 2 is 1.84 bits per heavy atom. The molecule has 0 saturated heterocycles. The number of halogens is 3. The molecule has 0 radical (unpaired) electrons. The van der Waals surface area contributed by atoms with Crippen LogP contribution in [0.15, 0.2) is 24.3 Å². The zero-order valence-corrected chi connectivity index (χ0v) is 10.2. The van der Waals surface area contributed by atoms with E-state index in [-0.39, 0.29) is 11.4 Å². The quantitative estimate of drug-likeness (QED) is 0.905. The van der Waals surface area contributed by atoms with Crippen LogP contribution in [0, 0.1) is 17.5 Å². The number of rotatable bonds is 4. The summed E-state index contributed by atoms with van der Waals surface area (Å²) in [5.74, 6) is -4.12. The first kappa shape index (κ1) is 13.4. The van der Waals surface area contributed by atoms with E-state index in [1.807, 2.05) is 0 Å². The molecule has 0 bridgehead atoms. The summed E-state index contributed by atoms with van der Waals surface area (Å²) in [4.78, 5) is 11.4. The maximum Gasteiger partial charge on any atom is 0.345 e. The van der Waals surface area contributed by atoms with E-state index < -0.39 is 29.1 Å². The van der Waals surface area contributed by atoms with Gasteiger partial charge in [-0.05, 0) is 12.1 Å². The topological polar surface area (TPSA) is 49.3 Å². The molecule has 0 fully saturated rings. The van der Waals surface area contributed by atoms with E-state index in [0.717, 1.165) is 11.3 Å². The van der Waals surface area contributed by atoms with Gasteiger partial charge in [-0.25, -0.2) is 18.0 Å². The van der Waals surface area contributed by atoms with Crippen molar-refractivity contribution in [2.45, 2.75) is 6.54 Å². The average Bonchev–Trinajstić information content (AvgIpc) is 2.76. The van der Waals surface area contributed by atoms with Crippen molar-refractivity contribution in [2.24, 2.45) is 0 Å². The summed E-state index contributed by atoms with van der Waals surface area (Å²) in [6.45, 7) is 0.0530. The first-order valence-electron chi connectivity index (χ1n) is 5.18. The van der Waals surface area contributed by atoms with Gasteiger partial charge >= 0.3 is 5.97 Å². The van der Waals surface area contributed by atoms with E-state index in [0.29, 0.717) is 17.0 Å². The number of aromatic carboxylic acids is 1. The van der Waals surface area contributed by atoms with Gasteiger partial charge in [0.1, 0.15) is 16.4 Å². The lowest BCUT2D eigenvalue weighted by molar-refractivity contribution is 0.0702. The summed E-state index contributed by atoms with van der Waals surface area (Å²) < 4.78 is 39.3. The highest BCUT2D eigenvalue weighted by Crippen LogP contribution is 2.23. The maximum absolute atomic E-state index is 13.3. The highest BCUT2D eigenvalue weighted by molar-refractivity contribution is 7.13. The predicted octanol–water partition coefficient (Wildman–Crippen LogP) is 3.48. The lowest BCUT2D eigenvalue weighted by Gasteiger charge is -2.07. The summed E-state index contributed by atoms with van der Waals surface area (Å²) in [5, 5.41) is 11.2. The van der Waals surface area contributed by atoms with Crippen LogP contribution in [0.1, 0.15) is 14.5 Å². The van der Waals surface area contributed by atoms with E-state index >= 15 is 0 Å². The van der Waals surface area contributed by atoms with Crippen molar-refractivity contribution in [3.8, 4) is 0 Å². The van der Waals surface area contributed by atoms with E-state index in [1.54, 1.807) is 6.07 Å². The number of hydrogen-bond donors (Lipinski definition) is 2. The van der Waals surface area contributed by atoms with Crippen molar-refractivity contribution in [1.29, 1.82) is 0 Å². The molecule has 0 spiro atoms. The van der Waals surface area contributed by atoms with E-state index in [2.05, 4.69) is 5.32 Å². The zero-order valence-electron chi connectivity index (χ0n) is 9.41. The Morgan fingerprint density at radius 1 is 1.21 bits per heavy atom. The van der Waals surface area contributed by atoms with Gasteiger partial charge in [-0.2, -0.15) is 0 Å². The molecule has 0 aliphatic carbocycles. The Labute approximate surface area is 110 Å². The van der Waals surface area contributed by atoms with Gasteiger partial charge in [-0.3, -0.25) is 0 Å². The second kappa shape index (κ2) is 5.31. The standard InChI is InChI=1S/C12H8F3NO2S/c13-6-3-8(14)11(9(15)4-6)16-5-7-1-2-10(19-7)12(17)18/h1-4,16H,5H2,(H,17,18). The van der Waals surface area contributed by atoms with Gasteiger partial charge in [0, 0.05) is 23.6 Å². The predicted molar refractivity (Wildman–Crippen MR) is 64.9 cm³/mol. The molecule has 1 heterocycles. The summed E-state index contributed by atoms with van der Waals surface area (Å²) in [5.41, 5.74) is -0.438. The molecule has 100 valence electrons. The van der Waals surface area contributed by atoms with Crippen LogP contribution in [-0.2, 0) is 6.54 Å². The van der Waals surface area contributed by atoms with Gasteiger partial charge in [-0.15, -0.1) is 11.3 Å².